The van der Waals surface area contributed by atoms with Crippen LogP contribution in [0.5, 0.6) is 0 Å². The average molecular weight is 480 g/mol. The van der Waals surface area contributed by atoms with Crippen LogP contribution < -0.4 is 0 Å². The molecule has 2 aromatic carbocycles. The van der Waals surface area contributed by atoms with E-state index < -0.39 is 34.9 Å². The number of carboxylic acid groups (broad SMARTS) is 1. The molecule has 2 atom stereocenters. The molecule has 1 N–H and O–H groups in total. The number of likely N-dealkylation sites (tertiary alicyclic amines) is 1. The van der Waals surface area contributed by atoms with Crippen molar-refractivity contribution in [3.63, 3.8) is 0 Å². The number of hydrogen-bond acceptors (Lipinski definition) is 5. The summed E-state index contributed by atoms with van der Waals surface area (Å²) in [6.07, 6.45) is 1.24. The number of rotatable bonds is 6. The van der Waals surface area contributed by atoms with E-state index in [9.17, 15) is 19.5 Å². The Labute approximate surface area is 206 Å². The van der Waals surface area contributed by atoms with Gasteiger partial charge in [0.1, 0.15) is 24.7 Å². The predicted molar refractivity (Wildman–Crippen MR) is 129 cm³/mol. The molecule has 7 nitrogen and oxygen atoms in total. The first kappa shape index (κ1) is 24.8. The van der Waals surface area contributed by atoms with E-state index in [1.807, 2.05) is 81.4 Å². The Hall–Kier alpha value is -3.35. The minimum atomic E-state index is -1.53. The zero-order valence-electron chi connectivity index (χ0n) is 20.5. The van der Waals surface area contributed by atoms with E-state index in [4.69, 9.17) is 9.47 Å². The normalized spacial score (nSPS) is 22.9. The van der Waals surface area contributed by atoms with Crippen LogP contribution in [0.1, 0.15) is 51.2 Å². The topological polar surface area (TPSA) is 93.1 Å². The SMILES string of the molecule is CC(C)(C)[C@@]1(C(=O)O)CC2(CC2)CN(C(=O)OCc2ccccc2)[C@@H]1C(=O)OCc1ccccc1. The van der Waals surface area contributed by atoms with E-state index >= 15 is 0 Å². The van der Waals surface area contributed by atoms with Gasteiger partial charge in [-0.15, -0.1) is 0 Å². The molecule has 2 aromatic rings. The van der Waals surface area contributed by atoms with Crippen molar-refractivity contribution in [2.75, 3.05) is 6.54 Å². The fourth-order valence-electron chi connectivity index (χ4n) is 5.27. The van der Waals surface area contributed by atoms with Gasteiger partial charge in [0.05, 0.1) is 0 Å². The summed E-state index contributed by atoms with van der Waals surface area (Å²) < 4.78 is 11.3. The molecule has 7 heteroatoms. The van der Waals surface area contributed by atoms with Crippen molar-refractivity contribution < 1.29 is 29.0 Å². The van der Waals surface area contributed by atoms with Gasteiger partial charge >= 0.3 is 18.0 Å². The zero-order valence-corrected chi connectivity index (χ0v) is 20.5. The van der Waals surface area contributed by atoms with Crippen molar-refractivity contribution in [1.82, 2.24) is 4.90 Å². The summed E-state index contributed by atoms with van der Waals surface area (Å²) in [4.78, 5) is 41.4. The molecule has 35 heavy (non-hydrogen) atoms. The Morgan fingerprint density at radius 1 is 0.914 bits per heavy atom. The first-order valence-electron chi connectivity index (χ1n) is 12.0. The van der Waals surface area contributed by atoms with Gasteiger partial charge in [0.2, 0.25) is 0 Å². The van der Waals surface area contributed by atoms with Crippen LogP contribution in [0.15, 0.2) is 60.7 Å². The second-order valence-electron chi connectivity index (χ2n) is 10.9. The number of amides is 1. The third-order valence-corrected chi connectivity index (χ3v) is 7.50. The van der Waals surface area contributed by atoms with Crippen LogP contribution >= 0.6 is 0 Å². The Morgan fingerprint density at radius 2 is 1.43 bits per heavy atom. The highest BCUT2D eigenvalue weighted by atomic mass is 16.6. The molecule has 1 aliphatic heterocycles. The van der Waals surface area contributed by atoms with E-state index in [1.165, 1.54) is 4.90 Å². The molecule has 0 unspecified atom stereocenters. The molecule has 1 amide bonds. The zero-order chi connectivity index (χ0) is 25.3. The fourth-order valence-corrected chi connectivity index (χ4v) is 5.27. The first-order valence-corrected chi connectivity index (χ1v) is 12.0. The van der Waals surface area contributed by atoms with Crippen molar-refractivity contribution in [3.05, 3.63) is 71.8 Å². The van der Waals surface area contributed by atoms with Crippen molar-refractivity contribution in [2.45, 2.75) is 59.3 Å². The van der Waals surface area contributed by atoms with Gasteiger partial charge in [-0.3, -0.25) is 9.69 Å². The Balaban J connectivity index is 1.67. The van der Waals surface area contributed by atoms with Crippen molar-refractivity contribution in [2.24, 2.45) is 16.2 Å². The molecular formula is C28H33NO6. The maximum atomic E-state index is 13.6. The minimum Gasteiger partial charge on any atom is -0.481 e. The lowest BCUT2D eigenvalue weighted by Crippen LogP contribution is -2.68. The summed E-state index contributed by atoms with van der Waals surface area (Å²) in [6, 6.07) is 17.1. The van der Waals surface area contributed by atoms with Gasteiger partial charge in [0.15, 0.2) is 0 Å². The van der Waals surface area contributed by atoms with E-state index in [2.05, 4.69) is 0 Å². The number of esters is 1. The lowest BCUT2D eigenvalue weighted by Gasteiger charge is -2.54. The largest absolute Gasteiger partial charge is 0.481 e. The number of piperidine rings is 1. The maximum absolute atomic E-state index is 13.6. The minimum absolute atomic E-state index is 0.00589. The molecule has 1 saturated carbocycles. The number of ether oxygens (including phenoxy) is 2. The van der Waals surface area contributed by atoms with Gasteiger partial charge in [0, 0.05) is 6.54 Å². The third-order valence-electron chi connectivity index (χ3n) is 7.50. The van der Waals surface area contributed by atoms with E-state index in [0.29, 0.717) is 6.42 Å². The van der Waals surface area contributed by atoms with Crippen LogP contribution in [0.25, 0.3) is 0 Å². The number of aliphatic carboxylic acids is 1. The number of carbonyl (C=O) groups is 3. The number of nitrogens with zero attached hydrogens (tertiary/aromatic N) is 1. The fraction of sp³-hybridized carbons (Fsp3) is 0.464. The summed E-state index contributed by atoms with van der Waals surface area (Å²) in [7, 11) is 0. The average Bonchev–Trinajstić information content (AvgIpc) is 3.58. The third kappa shape index (κ3) is 4.90. The summed E-state index contributed by atoms with van der Waals surface area (Å²) >= 11 is 0. The van der Waals surface area contributed by atoms with Crippen molar-refractivity contribution in [1.29, 1.82) is 0 Å². The van der Waals surface area contributed by atoms with Crippen LogP contribution in [0.2, 0.25) is 0 Å². The van der Waals surface area contributed by atoms with Gasteiger partial charge in [-0.1, -0.05) is 81.4 Å². The molecular weight excluding hydrogens is 446 g/mol. The molecule has 4 rings (SSSR count). The highest BCUT2D eigenvalue weighted by molar-refractivity contribution is 5.91. The number of carboxylic acids is 1. The highest BCUT2D eigenvalue weighted by Crippen LogP contribution is 2.63. The molecule has 2 aliphatic rings. The van der Waals surface area contributed by atoms with Gasteiger partial charge < -0.3 is 14.6 Å². The quantitative estimate of drug-likeness (QED) is 0.584. The van der Waals surface area contributed by atoms with Gasteiger partial charge in [0.25, 0.3) is 0 Å². The lowest BCUT2D eigenvalue weighted by atomic mass is 9.55. The van der Waals surface area contributed by atoms with Crippen LogP contribution in [0.4, 0.5) is 4.79 Å². The van der Waals surface area contributed by atoms with E-state index in [1.54, 1.807) is 0 Å². The Morgan fingerprint density at radius 3 is 1.89 bits per heavy atom. The molecule has 1 saturated heterocycles. The highest BCUT2D eigenvalue weighted by Gasteiger charge is 2.69. The second-order valence-corrected chi connectivity index (χ2v) is 10.9. The molecule has 2 fully saturated rings. The summed E-state index contributed by atoms with van der Waals surface area (Å²) in [5.41, 5.74) is -1.09. The Bertz CT molecular complexity index is 1070. The van der Waals surface area contributed by atoms with Crippen LogP contribution in [-0.4, -0.2) is 40.6 Å². The predicted octanol–water partition coefficient (Wildman–Crippen LogP) is 5.04. The number of benzene rings is 2. The molecule has 1 aliphatic carbocycles. The Kier molecular flexibility index (Phi) is 6.62. The van der Waals surface area contributed by atoms with Crippen LogP contribution in [0, 0.1) is 16.2 Å². The monoisotopic (exact) mass is 479 g/mol. The lowest BCUT2D eigenvalue weighted by molar-refractivity contribution is -0.187. The summed E-state index contributed by atoms with van der Waals surface area (Å²) in [6.45, 7) is 5.74. The van der Waals surface area contributed by atoms with E-state index in [0.717, 1.165) is 24.0 Å². The number of carbonyl (C=O) groups excluding carboxylic acids is 2. The maximum Gasteiger partial charge on any atom is 0.410 e. The second kappa shape index (κ2) is 9.36. The summed E-state index contributed by atoms with van der Waals surface area (Å²) in [5, 5.41) is 10.6. The molecule has 1 heterocycles. The molecule has 0 radical (unpaired) electrons. The number of hydrogen-bond donors (Lipinski definition) is 1. The van der Waals surface area contributed by atoms with Gasteiger partial charge in [-0.2, -0.15) is 0 Å². The van der Waals surface area contributed by atoms with Gasteiger partial charge in [-0.25, -0.2) is 9.59 Å². The molecule has 0 aromatic heterocycles. The molecule has 1 spiro atoms. The smallest absolute Gasteiger partial charge is 0.410 e. The van der Waals surface area contributed by atoms with Crippen LogP contribution in [-0.2, 0) is 32.3 Å². The summed E-state index contributed by atoms with van der Waals surface area (Å²) in [5.74, 6) is -1.82. The van der Waals surface area contributed by atoms with Gasteiger partial charge in [-0.05, 0) is 41.2 Å². The molecule has 186 valence electrons. The molecule has 0 bridgehead atoms. The van der Waals surface area contributed by atoms with E-state index in [-0.39, 0.29) is 25.2 Å². The van der Waals surface area contributed by atoms with Crippen LogP contribution in [0.3, 0.4) is 0 Å². The van der Waals surface area contributed by atoms with Crippen molar-refractivity contribution >= 4 is 18.0 Å². The first-order chi connectivity index (χ1) is 16.6. The standard InChI is InChI=1S/C28H33NO6/c1-26(2,3)28(24(31)32)18-27(14-15-27)19-29(25(33)35-17-21-12-8-5-9-13-21)22(28)23(30)34-16-20-10-6-4-7-11-20/h4-13,22H,14-19H2,1-3H3,(H,31,32)/t22-,28+/m1/s1. The van der Waals surface area contributed by atoms with Crippen molar-refractivity contribution in [3.8, 4) is 0 Å².